The van der Waals surface area contributed by atoms with Gasteiger partial charge in [0.25, 0.3) is 11.8 Å². The van der Waals surface area contributed by atoms with E-state index in [1.54, 1.807) is 34.1 Å². The predicted molar refractivity (Wildman–Crippen MR) is 126 cm³/mol. The fourth-order valence-corrected chi connectivity index (χ4v) is 4.68. The van der Waals surface area contributed by atoms with Crippen molar-refractivity contribution >= 4 is 23.4 Å². The highest BCUT2D eigenvalue weighted by molar-refractivity contribution is 6.03. The SMILES string of the molecule is CC(=O)c1ccc2c(c1)C(=O)N(Cc1cccc(CN3Cc4ccc(C(C)=O)cc4C3=O)c1)C2. The second-order valence-corrected chi connectivity index (χ2v) is 9.00. The van der Waals surface area contributed by atoms with E-state index in [-0.39, 0.29) is 23.4 Å². The number of hydrogen-bond acceptors (Lipinski definition) is 4. The first-order valence-electron chi connectivity index (χ1n) is 11.2. The van der Waals surface area contributed by atoms with Gasteiger partial charge >= 0.3 is 0 Å². The molecule has 0 fully saturated rings. The standard InChI is InChI=1S/C28H24N2O4/c1-17(31)21-6-8-23-15-29(27(33)25(23)11-21)13-19-4-3-5-20(10-19)14-30-16-24-9-7-22(18(2)32)12-26(24)28(30)34/h3-12H,13-16H2,1-2H3. The quantitative estimate of drug-likeness (QED) is 0.520. The van der Waals surface area contributed by atoms with Crippen molar-refractivity contribution in [2.24, 2.45) is 0 Å². The summed E-state index contributed by atoms with van der Waals surface area (Å²) in [6.45, 7) is 4.91. The third kappa shape index (κ3) is 3.92. The number of fused-ring (bicyclic) bond motifs is 2. The molecule has 6 nitrogen and oxygen atoms in total. The molecule has 0 unspecified atom stereocenters. The summed E-state index contributed by atoms with van der Waals surface area (Å²) >= 11 is 0. The Morgan fingerprint density at radius 2 is 1.12 bits per heavy atom. The van der Waals surface area contributed by atoms with Gasteiger partial charge < -0.3 is 9.80 Å². The van der Waals surface area contributed by atoms with Crippen LogP contribution in [0.25, 0.3) is 0 Å². The average molecular weight is 453 g/mol. The van der Waals surface area contributed by atoms with Crippen LogP contribution in [0.5, 0.6) is 0 Å². The molecule has 3 aromatic rings. The van der Waals surface area contributed by atoms with E-state index in [9.17, 15) is 19.2 Å². The van der Waals surface area contributed by atoms with E-state index in [4.69, 9.17) is 0 Å². The fourth-order valence-electron chi connectivity index (χ4n) is 4.68. The number of carbonyl (C=O) groups excluding carboxylic acids is 4. The third-order valence-electron chi connectivity index (χ3n) is 6.53. The maximum Gasteiger partial charge on any atom is 0.254 e. The zero-order chi connectivity index (χ0) is 24.0. The molecule has 0 spiro atoms. The van der Waals surface area contributed by atoms with Crippen LogP contribution in [0, 0.1) is 0 Å². The average Bonchev–Trinajstić information content (AvgIpc) is 3.29. The molecule has 2 amide bonds. The second-order valence-electron chi connectivity index (χ2n) is 9.00. The molecule has 2 heterocycles. The molecule has 0 saturated heterocycles. The molecule has 0 aliphatic carbocycles. The van der Waals surface area contributed by atoms with Gasteiger partial charge in [-0.1, -0.05) is 48.5 Å². The lowest BCUT2D eigenvalue weighted by molar-refractivity contribution is 0.0762. The van der Waals surface area contributed by atoms with Crippen molar-refractivity contribution in [2.45, 2.75) is 40.0 Å². The number of carbonyl (C=O) groups is 4. The Labute approximate surface area is 197 Å². The first-order chi connectivity index (χ1) is 16.3. The van der Waals surface area contributed by atoms with Crippen molar-refractivity contribution in [1.82, 2.24) is 9.80 Å². The van der Waals surface area contributed by atoms with Crippen LogP contribution in [-0.4, -0.2) is 33.2 Å². The molecule has 0 bridgehead atoms. The second kappa shape index (κ2) is 8.37. The molecular weight excluding hydrogens is 428 g/mol. The van der Waals surface area contributed by atoms with E-state index in [1.807, 2.05) is 36.4 Å². The minimum Gasteiger partial charge on any atom is -0.330 e. The van der Waals surface area contributed by atoms with Crippen molar-refractivity contribution in [3.05, 3.63) is 105 Å². The van der Waals surface area contributed by atoms with Gasteiger partial charge in [-0.2, -0.15) is 0 Å². The summed E-state index contributed by atoms with van der Waals surface area (Å²) in [4.78, 5) is 52.7. The van der Waals surface area contributed by atoms with Crippen molar-refractivity contribution in [3.63, 3.8) is 0 Å². The molecule has 0 aromatic heterocycles. The highest BCUT2D eigenvalue weighted by Crippen LogP contribution is 2.28. The van der Waals surface area contributed by atoms with Crippen LogP contribution in [0.1, 0.15) is 77.5 Å². The van der Waals surface area contributed by atoms with E-state index < -0.39 is 0 Å². The molecular formula is C28H24N2O4. The summed E-state index contributed by atoms with van der Waals surface area (Å²) < 4.78 is 0. The van der Waals surface area contributed by atoms with Crippen LogP contribution < -0.4 is 0 Å². The van der Waals surface area contributed by atoms with Gasteiger partial charge in [0.2, 0.25) is 0 Å². The molecule has 0 N–H and O–H groups in total. The smallest absolute Gasteiger partial charge is 0.254 e. The lowest BCUT2D eigenvalue weighted by atomic mass is 10.0. The van der Waals surface area contributed by atoms with E-state index in [0.717, 1.165) is 22.3 Å². The summed E-state index contributed by atoms with van der Waals surface area (Å²) in [5, 5.41) is 0. The number of ketones is 2. The van der Waals surface area contributed by atoms with Crippen LogP contribution in [0.4, 0.5) is 0 Å². The Morgan fingerprint density at radius 1 is 0.676 bits per heavy atom. The van der Waals surface area contributed by atoms with Crippen LogP contribution in [-0.2, 0) is 26.2 Å². The molecule has 170 valence electrons. The maximum absolute atomic E-state index is 12.9. The van der Waals surface area contributed by atoms with Gasteiger partial charge in [-0.3, -0.25) is 19.2 Å². The molecule has 3 aromatic carbocycles. The summed E-state index contributed by atoms with van der Waals surface area (Å²) in [6.07, 6.45) is 0. The number of benzene rings is 3. The third-order valence-corrected chi connectivity index (χ3v) is 6.53. The molecule has 0 atom stereocenters. The molecule has 6 heteroatoms. The highest BCUT2D eigenvalue weighted by Gasteiger charge is 2.29. The molecule has 2 aliphatic rings. The van der Waals surface area contributed by atoms with Crippen LogP contribution in [0.2, 0.25) is 0 Å². The predicted octanol–water partition coefficient (Wildman–Crippen LogP) is 4.40. The number of nitrogens with zero attached hydrogens (tertiary/aromatic N) is 2. The van der Waals surface area contributed by atoms with Gasteiger partial charge in [0.05, 0.1) is 0 Å². The Morgan fingerprint density at radius 3 is 1.53 bits per heavy atom. The molecule has 0 saturated carbocycles. The Hall–Kier alpha value is -4.06. The molecule has 0 radical (unpaired) electrons. The number of hydrogen-bond donors (Lipinski definition) is 0. The molecule has 34 heavy (non-hydrogen) atoms. The van der Waals surface area contributed by atoms with Gasteiger partial charge in [-0.15, -0.1) is 0 Å². The van der Waals surface area contributed by atoms with E-state index in [2.05, 4.69) is 0 Å². The lowest BCUT2D eigenvalue weighted by Crippen LogP contribution is -2.24. The zero-order valence-electron chi connectivity index (χ0n) is 19.1. The van der Waals surface area contributed by atoms with Crippen molar-refractivity contribution in [2.75, 3.05) is 0 Å². The molecule has 5 rings (SSSR count). The first kappa shape index (κ1) is 21.8. The molecule has 2 aliphatic heterocycles. The Kier molecular flexibility index (Phi) is 5.36. The van der Waals surface area contributed by atoms with Gasteiger partial charge in [-0.25, -0.2) is 0 Å². The van der Waals surface area contributed by atoms with Crippen LogP contribution >= 0.6 is 0 Å². The summed E-state index contributed by atoms with van der Waals surface area (Å²) in [6, 6.07) is 18.5. The summed E-state index contributed by atoms with van der Waals surface area (Å²) in [7, 11) is 0. The minimum atomic E-state index is -0.0741. The van der Waals surface area contributed by atoms with E-state index in [0.29, 0.717) is 48.4 Å². The number of amides is 2. The highest BCUT2D eigenvalue weighted by atomic mass is 16.2. The Bertz CT molecular complexity index is 1270. The largest absolute Gasteiger partial charge is 0.330 e. The van der Waals surface area contributed by atoms with Gasteiger partial charge in [0.15, 0.2) is 11.6 Å². The normalized spacial score (nSPS) is 14.4. The minimum absolute atomic E-state index is 0.0575. The van der Waals surface area contributed by atoms with Crippen LogP contribution in [0.3, 0.4) is 0 Å². The van der Waals surface area contributed by atoms with Gasteiger partial charge in [-0.05, 0) is 48.2 Å². The lowest BCUT2D eigenvalue weighted by Gasteiger charge is -2.18. The number of Topliss-reactive ketones (excluding diaryl/α,β-unsaturated/α-hetero) is 2. The van der Waals surface area contributed by atoms with E-state index >= 15 is 0 Å². The van der Waals surface area contributed by atoms with Crippen molar-refractivity contribution in [1.29, 1.82) is 0 Å². The van der Waals surface area contributed by atoms with Crippen LogP contribution in [0.15, 0.2) is 60.7 Å². The van der Waals surface area contributed by atoms with Crippen molar-refractivity contribution < 1.29 is 19.2 Å². The zero-order valence-corrected chi connectivity index (χ0v) is 19.1. The fraction of sp³-hybridized carbons (Fsp3) is 0.214. The summed E-state index contributed by atoms with van der Waals surface area (Å²) in [5.74, 6) is -0.263. The van der Waals surface area contributed by atoms with Gasteiger partial charge in [0.1, 0.15) is 0 Å². The maximum atomic E-state index is 12.9. The number of rotatable bonds is 6. The Balaban J connectivity index is 1.29. The first-order valence-corrected chi connectivity index (χ1v) is 11.2. The monoisotopic (exact) mass is 452 g/mol. The van der Waals surface area contributed by atoms with Gasteiger partial charge in [0, 0.05) is 48.4 Å². The summed E-state index contributed by atoms with van der Waals surface area (Å²) in [5.41, 5.74) is 6.09. The van der Waals surface area contributed by atoms with Crippen molar-refractivity contribution in [3.8, 4) is 0 Å². The topological polar surface area (TPSA) is 74.8 Å². The van der Waals surface area contributed by atoms with E-state index in [1.165, 1.54) is 13.8 Å².